The van der Waals surface area contributed by atoms with Crippen LogP contribution in [0.3, 0.4) is 0 Å². The molecule has 0 aliphatic heterocycles. The van der Waals surface area contributed by atoms with Crippen molar-refractivity contribution in [2.24, 2.45) is 0 Å². The van der Waals surface area contributed by atoms with Crippen molar-refractivity contribution in [1.82, 2.24) is 5.32 Å². The van der Waals surface area contributed by atoms with E-state index in [2.05, 4.69) is 5.32 Å². The molecule has 0 atom stereocenters. The number of nitrogen functional groups attached to an aromatic ring is 1. The molecule has 0 saturated heterocycles. The standard InChI is InChI=1S/C15H14F2N2O/c16-13-4-2-1-3-10(13)7-8-19-15(20)12-9-11(18)5-6-14(12)17/h1-6,9H,7-8,18H2,(H,19,20). The Morgan fingerprint density at radius 2 is 1.85 bits per heavy atom. The summed E-state index contributed by atoms with van der Waals surface area (Å²) in [7, 11) is 0. The first kappa shape index (κ1) is 14.0. The number of nitrogens with two attached hydrogens (primary N) is 1. The van der Waals surface area contributed by atoms with E-state index < -0.39 is 11.7 Å². The molecule has 0 unspecified atom stereocenters. The van der Waals surface area contributed by atoms with E-state index in [1.54, 1.807) is 18.2 Å². The van der Waals surface area contributed by atoms with E-state index in [1.807, 2.05) is 0 Å². The van der Waals surface area contributed by atoms with Crippen LogP contribution in [0.25, 0.3) is 0 Å². The summed E-state index contributed by atoms with van der Waals surface area (Å²) in [5.74, 6) is -1.52. The summed E-state index contributed by atoms with van der Waals surface area (Å²) in [6, 6.07) is 10.1. The lowest BCUT2D eigenvalue weighted by Gasteiger charge is -2.07. The molecule has 104 valence electrons. The van der Waals surface area contributed by atoms with Crippen LogP contribution in [0.15, 0.2) is 42.5 Å². The molecule has 2 aromatic rings. The summed E-state index contributed by atoms with van der Waals surface area (Å²) in [6.45, 7) is 0.216. The summed E-state index contributed by atoms with van der Waals surface area (Å²) >= 11 is 0. The summed E-state index contributed by atoms with van der Waals surface area (Å²) in [4.78, 5) is 11.8. The second-order valence-corrected chi connectivity index (χ2v) is 4.34. The van der Waals surface area contributed by atoms with E-state index in [9.17, 15) is 13.6 Å². The SMILES string of the molecule is Nc1ccc(F)c(C(=O)NCCc2ccccc2F)c1. The molecule has 0 heterocycles. The van der Waals surface area contributed by atoms with E-state index in [1.165, 1.54) is 18.2 Å². The van der Waals surface area contributed by atoms with Gasteiger partial charge in [-0.2, -0.15) is 0 Å². The van der Waals surface area contributed by atoms with E-state index in [4.69, 9.17) is 5.73 Å². The second kappa shape index (κ2) is 6.14. The Labute approximate surface area is 115 Å². The average Bonchev–Trinajstić information content (AvgIpc) is 2.43. The van der Waals surface area contributed by atoms with Gasteiger partial charge in [-0.25, -0.2) is 8.78 Å². The van der Waals surface area contributed by atoms with Gasteiger partial charge in [-0.15, -0.1) is 0 Å². The van der Waals surface area contributed by atoms with E-state index in [-0.39, 0.29) is 17.9 Å². The van der Waals surface area contributed by atoms with Gasteiger partial charge in [-0.3, -0.25) is 4.79 Å². The van der Waals surface area contributed by atoms with Gasteiger partial charge < -0.3 is 11.1 Å². The van der Waals surface area contributed by atoms with Crippen molar-refractivity contribution in [3.8, 4) is 0 Å². The summed E-state index contributed by atoms with van der Waals surface area (Å²) in [5.41, 5.74) is 6.21. The fourth-order valence-electron chi connectivity index (χ4n) is 1.82. The van der Waals surface area contributed by atoms with Gasteiger partial charge in [0.1, 0.15) is 11.6 Å². The molecule has 2 aromatic carbocycles. The van der Waals surface area contributed by atoms with Gasteiger partial charge in [0.05, 0.1) is 5.56 Å². The van der Waals surface area contributed by atoms with Crippen molar-refractivity contribution in [2.45, 2.75) is 6.42 Å². The second-order valence-electron chi connectivity index (χ2n) is 4.34. The number of amides is 1. The zero-order valence-electron chi connectivity index (χ0n) is 10.7. The maximum Gasteiger partial charge on any atom is 0.254 e. The largest absolute Gasteiger partial charge is 0.399 e. The topological polar surface area (TPSA) is 55.1 Å². The van der Waals surface area contributed by atoms with Crippen molar-refractivity contribution in [3.05, 3.63) is 65.2 Å². The number of halogens is 2. The number of hydrogen-bond donors (Lipinski definition) is 2. The van der Waals surface area contributed by atoms with Crippen LogP contribution >= 0.6 is 0 Å². The van der Waals surface area contributed by atoms with Crippen LogP contribution in [0.1, 0.15) is 15.9 Å². The molecule has 0 aliphatic carbocycles. The zero-order valence-corrected chi connectivity index (χ0v) is 10.7. The van der Waals surface area contributed by atoms with Crippen LogP contribution < -0.4 is 11.1 Å². The Bertz CT molecular complexity index is 629. The predicted octanol–water partition coefficient (Wildman–Crippen LogP) is 2.52. The molecular weight excluding hydrogens is 262 g/mol. The van der Waals surface area contributed by atoms with E-state index >= 15 is 0 Å². The maximum atomic E-state index is 13.5. The molecule has 0 saturated carbocycles. The molecule has 0 aromatic heterocycles. The number of benzene rings is 2. The molecule has 0 bridgehead atoms. The van der Waals surface area contributed by atoms with Crippen molar-refractivity contribution in [1.29, 1.82) is 0 Å². The molecule has 20 heavy (non-hydrogen) atoms. The smallest absolute Gasteiger partial charge is 0.254 e. The molecule has 3 N–H and O–H groups in total. The van der Waals surface area contributed by atoms with Crippen molar-refractivity contribution >= 4 is 11.6 Å². The summed E-state index contributed by atoms with van der Waals surface area (Å²) in [5, 5.41) is 2.54. The van der Waals surface area contributed by atoms with Gasteiger partial charge in [0.25, 0.3) is 5.91 Å². The Morgan fingerprint density at radius 3 is 2.60 bits per heavy atom. The number of nitrogens with one attached hydrogen (secondary N) is 1. The molecule has 0 aliphatic rings. The minimum absolute atomic E-state index is 0.112. The Hall–Kier alpha value is -2.43. The molecule has 2 rings (SSSR count). The highest BCUT2D eigenvalue weighted by molar-refractivity contribution is 5.95. The first-order valence-corrected chi connectivity index (χ1v) is 6.14. The molecule has 1 amide bonds. The van der Waals surface area contributed by atoms with E-state index in [0.29, 0.717) is 17.7 Å². The number of carbonyl (C=O) groups excluding carboxylic acids is 1. The minimum atomic E-state index is -0.636. The zero-order chi connectivity index (χ0) is 14.5. The first-order chi connectivity index (χ1) is 9.58. The predicted molar refractivity (Wildman–Crippen MR) is 73.2 cm³/mol. The van der Waals surface area contributed by atoms with Crippen LogP contribution in [0.4, 0.5) is 14.5 Å². The third-order valence-corrected chi connectivity index (χ3v) is 2.87. The lowest BCUT2D eigenvalue weighted by Crippen LogP contribution is -2.26. The molecule has 0 radical (unpaired) electrons. The fraction of sp³-hybridized carbons (Fsp3) is 0.133. The highest BCUT2D eigenvalue weighted by Gasteiger charge is 2.11. The Balaban J connectivity index is 1.96. The lowest BCUT2D eigenvalue weighted by molar-refractivity contribution is 0.0950. The van der Waals surface area contributed by atoms with Crippen LogP contribution in [0.5, 0.6) is 0 Å². The average molecular weight is 276 g/mol. The molecule has 3 nitrogen and oxygen atoms in total. The van der Waals surface area contributed by atoms with Gasteiger partial charge in [0, 0.05) is 12.2 Å². The quantitative estimate of drug-likeness (QED) is 0.843. The number of rotatable bonds is 4. The third-order valence-electron chi connectivity index (χ3n) is 2.87. The lowest BCUT2D eigenvalue weighted by atomic mass is 10.1. The van der Waals surface area contributed by atoms with Gasteiger partial charge in [0.15, 0.2) is 0 Å². The van der Waals surface area contributed by atoms with Crippen LogP contribution in [-0.4, -0.2) is 12.5 Å². The van der Waals surface area contributed by atoms with Crippen molar-refractivity contribution in [2.75, 3.05) is 12.3 Å². The molecular formula is C15H14F2N2O. The third kappa shape index (κ3) is 3.32. The summed E-state index contributed by atoms with van der Waals surface area (Å²) in [6.07, 6.45) is 0.336. The molecule has 5 heteroatoms. The van der Waals surface area contributed by atoms with Gasteiger partial charge in [-0.1, -0.05) is 18.2 Å². The fourth-order valence-corrected chi connectivity index (χ4v) is 1.82. The number of carbonyl (C=O) groups is 1. The molecule has 0 spiro atoms. The Kier molecular flexibility index (Phi) is 4.30. The summed E-state index contributed by atoms with van der Waals surface area (Å²) < 4.78 is 26.8. The van der Waals surface area contributed by atoms with Crippen molar-refractivity contribution in [3.63, 3.8) is 0 Å². The van der Waals surface area contributed by atoms with Gasteiger partial charge in [0.2, 0.25) is 0 Å². The molecule has 0 fully saturated rings. The van der Waals surface area contributed by atoms with Gasteiger partial charge >= 0.3 is 0 Å². The van der Waals surface area contributed by atoms with Crippen LogP contribution in [0, 0.1) is 11.6 Å². The minimum Gasteiger partial charge on any atom is -0.399 e. The number of hydrogen-bond acceptors (Lipinski definition) is 2. The normalized spacial score (nSPS) is 10.3. The maximum absolute atomic E-state index is 13.5. The van der Waals surface area contributed by atoms with Crippen molar-refractivity contribution < 1.29 is 13.6 Å². The van der Waals surface area contributed by atoms with Gasteiger partial charge in [-0.05, 0) is 36.2 Å². The Morgan fingerprint density at radius 1 is 1.10 bits per heavy atom. The highest BCUT2D eigenvalue weighted by atomic mass is 19.1. The first-order valence-electron chi connectivity index (χ1n) is 6.14. The monoisotopic (exact) mass is 276 g/mol. The van der Waals surface area contributed by atoms with Crippen LogP contribution in [0.2, 0.25) is 0 Å². The van der Waals surface area contributed by atoms with E-state index in [0.717, 1.165) is 6.07 Å². The highest BCUT2D eigenvalue weighted by Crippen LogP contribution is 2.12. The van der Waals surface area contributed by atoms with Crippen LogP contribution in [-0.2, 0) is 6.42 Å². The number of anilines is 1.